The highest BCUT2D eigenvalue weighted by Gasteiger charge is 2.17. The molecule has 28 heavy (non-hydrogen) atoms. The second kappa shape index (κ2) is 10.1. The largest absolute Gasteiger partial charge is 0.467 e. The maximum Gasteiger partial charge on any atom is 0.191 e. The van der Waals surface area contributed by atoms with Crippen LogP contribution in [0.5, 0.6) is 5.75 Å². The zero-order chi connectivity index (χ0) is 19.9. The molecule has 1 unspecified atom stereocenters. The number of guanidine groups is 1. The van der Waals surface area contributed by atoms with Crippen LogP contribution in [-0.4, -0.2) is 37.5 Å². The Hall–Kier alpha value is -1.87. The van der Waals surface area contributed by atoms with Gasteiger partial charge in [-0.15, -0.1) is 11.3 Å². The van der Waals surface area contributed by atoms with Crippen molar-refractivity contribution >= 4 is 28.9 Å². The van der Waals surface area contributed by atoms with E-state index in [2.05, 4.69) is 15.6 Å². The summed E-state index contributed by atoms with van der Waals surface area (Å²) in [6, 6.07) is 6.48. The van der Waals surface area contributed by atoms with Crippen molar-refractivity contribution in [1.29, 1.82) is 0 Å². The predicted octanol–water partition coefficient (Wildman–Crippen LogP) is 3.24. The zero-order valence-corrected chi connectivity index (χ0v) is 17.1. The molecule has 1 aromatic carbocycles. The van der Waals surface area contributed by atoms with Crippen LogP contribution >= 0.6 is 22.9 Å². The summed E-state index contributed by atoms with van der Waals surface area (Å²) < 4.78 is 25.2. The van der Waals surface area contributed by atoms with Gasteiger partial charge in [-0.1, -0.05) is 11.6 Å². The summed E-state index contributed by atoms with van der Waals surface area (Å²) in [7, 11) is 0. The molecule has 2 aromatic rings. The first-order valence-corrected chi connectivity index (χ1v) is 10.2. The molecule has 1 aromatic heterocycles. The second-order valence-corrected chi connectivity index (χ2v) is 7.96. The fourth-order valence-corrected chi connectivity index (χ4v) is 3.91. The van der Waals surface area contributed by atoms with E-state index in [-0.39, 0.29) is 19.2 Å². The van der Waals surface area contributed by atoms with Crippen molar-refractivity contribution in [2.75, 3.05) is 26.4 Å². The molecule has 152 valence electrons. The smallest absolute Gasteiger partial charge is 0.191 e. The van der Waals surface area contributed by atoms with Crippen molar-refractivity contribution < 1.29 is 19.0 Å². The van der Waals surface area contributed by atoms with Gasteiger partial charge in [-0.3, -0.25) is 4.99 Å². The molecule has 1 aliphatic heterocycles. The van der Waals surface area contributed by atoms with Gasteiger partial charge in [-0.25, -0.2) is 4.39 Å². The minimum Gasteiger partial charge on any atom is -0.467 e. The Bertz CT molecular complexity index is 831. The van der Waals surface area contributed by atoms with E-state index < -0.39 is 6.10 Å². The van der Waals surface area contributed by atoms with Crippen LogP contribution in [0, 0.1) is 5.82 Å². The molecular formula is C19H23ClFN3O3S. The molecule has 0 bridgehead atoms. The molecule has 9 heteroatoms. The number of hydrogen-bond acceptors (Lipinski definition) is 5. The van der Waals surface area contributed by atoms with E-state index >= 15 is 0 Å². The molecule has 0 saturated heterocycles. The Morgan fingerprint density at radius 3 is 3.00 bits per heavy atom. The monoisotopic (exact) mass is 427 g/mol. The van der Waals surface area contributed by atoms with Crippen LogP contribution in [0.4, 0.5) is 4.39 Å². The fraction of sp³-hybridized carbons (Fsp3) is 0.421. The Balaban J connectivity index is 1.58. The van der Waals surface area contributed by atoms with Gasteiger partial charge < -0.3 is 25.2 Å². The van der Waals surface area contributed by atoms with Gasteiger partial charge in [0.15, 0.2) is 12.8 Å². The number of nitrogens with one attached hydrogen (secondary N) is 2. The lowest BCUT2D eigenvalue weighted by Gasteiger charge is -2.21. The van der Waals surface area contributed by atoms with Gasteiger partial charge in [0.25, 0.3) is 0 Å². The highest BCUT2D eigenvalue weighted by Crippen LogP contribution is 2.29. The molecular weight excluding hydrogens is 405 g/mol. The number of halogens is 2. The molecule has 6 nitrogen and oxygen atoms in total. The van der Waals surface area contributed by atoms with E-state index in [9.17, 15) is 9.50 Å². The maximum absolute atomic E-state index is 13.8. The Morgan fingerprint density at radius 1 is 1.39 bits per heavy atom. The molecule has 3 rings (SSSR count). The van der Waals surface area contributed by atoms with Gasteiger partial charge in [-0.05, 0) is 43.2 Å². The van der Waals surface area contributed by atoms with Crippen LogP contribution in [-0.2, 0) is 17.8 Å². The summed E-state index contributed by atoms with van der Waals surface area (Å²) in [5.74, 6) is 0.973. The molecule has 0 amide bonds. The van der Waals surface area contributed by atoms with Crippen LogP contribution in [0.1, 0.15) is 29.0 Å². The van der Waals surface area contributed by atoms with Crippen LogP contribution in [0.2, 0.25) is 4.34 Å². The van der Waals surface area contributed by atoms with Gasteiger partial charge in [0, 0.05) is 23.5 Å². The van der Waals surface area contributed by atoms with Crippen molar-refractivity contribution in [3.05, 3.63) is 50.4 Å². The Kier molecular flexibility index (Phi) is 7.50. The SMILES string of the molecule is CCNC(=NCC(O)c1ccc(Cl)s1)NCCc1cc(F)cc2c1OCOC2. The van der Waals surface area contributed by atoms with E-state index in [4.69, 9.17) is 21.1 Å². The van der Waals surface area contributed by atoms with E-state index in [1.54, 1.807) is 12.1 Å². The Morgan fingerprint density at radius 2 is 2.25 bits per heavy atom. The first-order chi connectivity index (χ1) is 13.6. The highest BCUT2D eigenvalue weighted by atomic mass is 35.5. The number of aliphatic hydroxyl groups is 1. The summed E-state index contributed by atoms with van der Waals surface area (Å²) in [5, 5.41) is 16.6. The van der Waals surface area contributed by atoms with Crippen LogP contribution in [0.15, 0.2) is 29.3 Å². The quantitative estimate of drug-likeness (QED) is 0.467. The number of benzene rings is 1. The van der Waals surface area contributed by atoms with Crippen LogP contribution < -0.4 is 15.4 Å². The summed E-state index contributed by atoms with van der Waals surface area (Å²) >= 11 is 7.24. The zero-order valence-electron chi connectivity index (χ0n) is 15.5. The number of thiophene rings is 1. The van der Waals surface area contributed by atoms with E-state index in [0.29, 0.717) is 42.2 Å². The summed E-state index contributed by atoms with van der Waals surface area (Å²) in [6.07, 6.45) is -0.148. The first kappa shape index (κ1) is 20.9. The molecule has 3 N–H and O–H groups in total. The molecule has 0 fully saturated rings. The van der Waals surface area contributed by atoms with Gasteiger partial charge in [0.05, 0.1) is 17.5 Å². The number of rotatable bonds is 7. The maximum atomic E-state index is 13.8. The minimum absolute atomic E-state index is 0.174. The van der Waals surface area contributed by atoms with Crippen molar-refractivity contribution in [3.63, 3.8) is 0 Å². The van der Waals surface area contributed by atoms with Crippen LogP contribution in [0.25, 0.3) is 0 Å². The van der Waals surface area contributed by atoms with Crippen molar-refractivity contribution in [3.8, 4) is 5.75 Å². The second-order valence-electron chi connectivity index (χ2n) is 6.22. The number of hydrogen-bond donors (Lipinski definition) is 3. The van der Waals surface area contributed by atoms with E-state index in [0.717, 1.165) is 16.0 Å². The third-order valence-corrected chi connectivity index (χ3v) is 5.46. The number of aliphatic imine (C=N–C) groups is 1. The number of ether oxygens (including phenoxy) is 2. The molecule has 0 saturated carbocycles. The number of aliphatic hydroxyl groups excluding tert-OH is 1. The predicted molar refractivity (Wildman–Crippen MR) is 109 cm³/mol. The van der Waals surface area contributed by atoms with Crippen LogP contribution in [0.3, 0.4) is 0 Å². The van der Waals surface area contributed by atoms with Gasteiger partial charge in [0.2, 0.25) is 0 Å². The van der Waals surface area contributed by atoms with Crippen molar-refractivity contribution in [2.24, 2.45) is 4.99 Å². The molecule has 0 aliphatic carbocycles. The first-order valence-electron chi connectivity index (χ1n) is 9.04. The van der Waals surface area contributed by atoms with Gasteiger partial charge in [0.1, 0.15) is 17.7 Å². The third kappa shape index (κ3) is 5.57. The topological polar surface area (TPSA) is 75.1 Å². The van der Waals surface area contributed by atoms with E-state index in [1.165, 1.54) is 23.5 Å². The minimum atomic E-state index is -0.711. The summed E-state index contributed by atoms with van der Waals surface area (Å²) in [5.41, 5.74) is 1.51. The standard InChI is InChI=1S/C19H23ClFN3O3S/c1-2-22-19(24-9-15(25)16-3-4-17(20)28-16)23-6-5-12-7-14(21)8-13-10-26-11-27-18(12)13/h3-4,7-8,15,25H,2,5-6,9-11H2,1H3,(H2,22,23,24). The molecule has 0 spiro atoms. The summed E-state index contributed by atoms with van der Waals surface area (Å²) in [6.45, 7) is 3.91. The highest BCUT2D eigenvalue weighted by molar-refractivity contribution is 7.16. The molecule has 2 heterocycles. The molecule has 0 radical (unpaired) electrons. The average molecular weight is 428 g/mol. The normalized spacial score (nSPS) is 14.9. The Labute approximate surface area is 172 Å². The number of nitrogens with zero attached hydrogens (tertiary/aromatic N) is 1. The van der Waals surface area contributed by atoms with Crippen molar-refractivity contribution in [1.82, 2.24) is 10.6 Å². The number of fused-ring (bicyclic) bond motifs is 1. The lowest BCUT2D eigenvalue weighted by Crippen LogP contribution is -2.38. The van der Waals surface area contributed by atoms with Gasteiger partial charge >= 0.3 is 0 Å². The lowest BCUT2D eigenvalue weighted by molar-refractivity contribution is -0.0172. The van der Waals surface area contributed by atoms with Crippen molar-refractivity contribution in [2.45, 2.75) is 26.1 Å². The van der Waals surface area contributed by atoms with E-state index in [1.807, 2.05) is 6.92 Å². The molecule has 1 aliphatic rings. The average Bonchev–Trinajstić information content (AvgIpc) is 3.12. The fourth-order valence-electron chi connectivity index (χ4n) is 2.87. The summed E-state index contributed by atoms with van der Waals surface area (Å²) in [4.78, 5) is 5.19. The molecule has 1 atom stereocenters. The van der Waals surface area contributed by atoms with Gasteiger partial charge in [-0.2, -0.15) is 0 Å². The lowest BCUT2D eigenvalue weighted by atomic mass is 10.1. The third-order valence-electron chi connectivity index (χ3n) is 4.13.